The number of anilines is 1. The second-order valence-electron chi connectivity index (χ2n) is 5.70. The lowest BCUT2D eigenvalue weighted by atomic mass is 9.93. The highest BCUT2D eigenvalue weighted by molar-refractivity contribution is 5.92. The maximum Gasteiger partial charge on any atom is 0.387 e. The van der Waals surface area contributed by atoms with E-state index in [1.54, 1.807) is 0 Å². The van der Waals surface area contributed by atoms with E-state index in [-0.39, 0.29) is 36.2 Å². The Morgan fingerprint density at radius 3 is 2.42 bits per heavy atom. The summed E-state index contributed by atoms with van der Waals surface area (Å²) in [5, 5.41) is 5.71. The molecular weight excluding hydrogens is 380 g/mol. The van der Waals surface area contributed by atoms with Gasteiger partial charge in [0.15, 0.2) is 5.75 Å². The molecule has 1 aromatic rings. The van der Waals surface area contributed by atoms with Crippen molar-refractivity contribution in [1.29, 1.82) is 0 Å². The van der Waals surface area contributed by atoms with Crippen molar-refractivity contribution in [2.45, 2.75) is 38.9 Å². The van der Waals surface area contributed by atoms with Crippen LogP contribution in [-0.2, 0) is 4.79 Å². The first kappa shape index (κ1) is 22.3. The van der Waals surface area contributed by atoms with E-state index in [9.17, 15) is 22.4 Å². The molecule has 0 bridgehead atoms. The highest BCUT2D eigenvalue weighted by Crippen LogP contribution is 2.32. The molecule has 1 saturated heterocycles. The Morgan fingerprint density at radius 1 is 1.15 bits per heavy atom. The predicted octanol–water partition coefficient (Wildman–Crippen LogP) is 4.03. The molecule has 1 amide bonds. The maximum absolute atomic E-state index is 12.5. The van der Waals surface area contributed by atoms with Gasteiger partial charge in [-0.2, -0.15) is 17.6 Å². The van der Waals surface area contributed by atoms with E-state index in [1.165, 1.54) is 6.07 Å². The SMILES string of the molecule is Cl.O=C(CCC1CCNCC1)Nc1ccc(OC(F)F)cc1OC(F)F. The zero-order valence-corrected chi connectivity index (χ0v) is 14.7. The molecule has 1 aliphatic rings. The number of carbonyl (C=O) groups is 1. The van der Waals surface area contributed by atoms with Gasteiger partial charge >= 0.3 is 13.2 Å². The summed E-state index contributed by atoms with van der Waals surface area (Å²) in [4.78, 5) is 12.0. The van der Waals surface area contributed by atoms with E-state index in [2.05, 4.69) is 20.1 Å². The number of carbonyl (C=O) groups excluding carboxylic acids is 1. The van der Waals surface area contributed by atoms with Crippen molar-refractivity contribution in [3.63, 3.8) is 0 Å². The smallest absolute Gasteiger partial charge is 0.387 e. The van der Waals surface area contributed by atoms with Crippen LogP contribution in [0.2, 0.25) is 0 Å². The summed E-state index contributed by atoms with van der Waals surface area (Å²) in [7, 11) is 0. The standard InChI is InChI=1S/C16H20F4N2O3.ClH/c17-15(18)24-11-2-3-12(13(9-11)25-16(19)20)22-14(23)4-1-10-5-7-21-8-6-10;/h2-3,9-10,15-16,21H,1,4-8H2,(H,22,23);1H. The molecule has 1 aromatic carbocycles. The second-order valence-corrected chi connectivity index (χ2v) is 5.70. The molecule has 26 heavy (non-hydrogen) atoms. The Balaban J connectivity index is 0.00000338. The monoisotopic (exact) mass is 400 g/mol. The van der Waals surface area contributed by atoms with Gasteiger partial charge in [-0.1, -0.05) is 0 Å². The zero-order valence-electron chi connectivity index (χ0n) is 13.9. The van der Waals surface area contributed by atoms with Gasteiger partial charge in [0.25, 0.3) is 0 Å². The second kappa shape index (κ2) is 11.1. The molecule has 0 atom stereocenters. The minimum atomic E-state index is -3.16. The van der Waals surface area contributed by atoms with E-state index in [0.29, 0.717) is 12.3 Å². The molecule has 2 N–H and O–H groups in total. The van der Waals surface area contributed by atoms with Gasteiger partial charge in [0.1, 0.15) is 5.75 Å². The fourth-order valence-electron chi connectivity index (χ4n) is 2.69. The molecule has 10 heteroatoms. The van der Waals surface area contributed by atoms with Crippen molar-refractivity contribution >= 4 is 24.0 Å². The van der Waals surface area contributed by atoms with Crippen molar-refractivity contribution in [3.8, 4) is 11.5 Å². The van der Waals surface area contributed by atoms with Crippen molar-refractivity contribution in [2.75, 3.05) is 18.4 Å². The number of alkyl halides is 4. The maximum atomic E-state index is 12.5. The Hall–Kier alpha value is -1.74. The highest BCUT2D eigenvalue weighted by Gasteiger charge is 2.17. The Labute approximate surface area is 154 Å². The van der Waals surface area contributed by atoms with Crippen LogP contribution in [0.4, 0.5) is 23.2 Å². The first-order valence-corrected chi connectivity index (χ1v) is 7.98. The molecule has 1 fully saturated rings. The van der Waals surface area contributed by atoms with Crippen LogP contribution in [0.25, 0.3) is 0 Å². The van der Waals surface area contributed by atoms with Crippen molar-refractivity contribution < 1.29 is 31.8 Å². The van der Waals surface area contributed by atoms with Crippen LogP contribution in [0, 0.1) is 5.92 Å². The number of benzene rings is 1. The quantitative estimate of drug-likeness (QED) is 0.647. The summed E-state index contributed by atoms with van der Waals surface area (Å²) in [5.74, 6) is -0.660. The number of rotatable bonds is 8. The number of hydrogen-bond donors (Lipinski definition) is 2. The predicted molar refractivity (Wildman–Crippen MR) is 90.4 cm³/mol. The van der Waals surface area contributed by atoms with Gasteiger partial charge in [-0.05, 0) is 50.4 Å². The summed E-state index contributed by atoms with van der Waals surface area (Å²) in [6.07, 6.45) is 2.93. The number of hydrogen-bond acceptors (Lipinski definition) is 4. The van der Waals surface area contributed by atoms with Crippen molar-refractivity contribution in [1.82, 2.24) is 5.32 Å². The minimum Gasteiger partial charge on any atom is -0.435 e. The third-order valence-corrected chi connectivity index (χ3v) is 3.91. The average molecular weight is 401 g/mol. The summed E-state index contributed by atoms with van der Waals surface area (Å²) in [6, 6.07) is 3.23. The largest absolute Gasteiger partial charge is 0.435 e. The van der Waals surface area contributed by atoms with Gasteiger partial charge in [-0.3, -0.25) is 4.79 Å². The van der Waals surface area contributed by atoms with E-state index < -0.39 is 19.0 Å². The topological polar surface area (TPSA) is 59.6 Å². The first-order valence-electron chi connectivity index (χ1n) is 7.98. The summed E-state index contributed by atoms with van der Waals surface area (Å²) < 4.78 is 57.8. The Morgan fingerprint density at radius 2 is 1.81 bits per heavy atom. The fraction of sp³-hybridized carbons (Fsp3) is 0.562. The summed E-state index contributed by atoms with van der Waals surface area (Å²) in [6.45, 7) is -4.41. The van der Waals surface area contributed by atoms with Gasteiger partial charge in [0.2, 0.25) is 5.91 Å². The van der Waals surface area contributed by atoms with Crippen LogP contribution in [-0.4, -0.2) is 32.2 Å². The molecule has 0 saturated carbocycles. The van der Waals surface area contributed by atoms with Crippen LogP contribution >= 0.6 is 12.4 Å². The number of halogens is 5. The van der Waals surface area contributed by atoms with E-state index in [4.69, 9.17) is 0 Å². The van der Waals surface area contributed by atoms with E-state index in [0.717, 1.165) is 38.1 Å². The summed E-state index contributed by atoms with van der Waals surface area (Å²) >= 11 is 0. The van der Waals surface area contributed by atoms with Crippen LogP contribution < -0.4 is 20.1 Å². The normalized spacial score (nSPS) is 14.8. The van der Waals surface area contributed by atoms with Crippen molar-refractivity contribution in [3.05, 3.63) is 18.2 Å². The van der Waals surface area contributed by atoms with Gasteiger partial charge < -0.3 is 20.1 Å². The van der Waals surface area contributed by atoms with Crippen LogP contribution in [0.5, 0.6) is 11.5 Å². The third-order valence-electron chi connectivity index (χ3n) is 3.91. The van der Waals surface area contributed by atoms with Gasteiger partial charge in [0.05, 0.1) is 5.69 Å². The van der Waals surface area contributed by atoms with Crippen molar-refractivity contribution in [2.24, 2.45) is 5.92 Å². The zero-order chi connectivity index (χ0) is 18.2. The lowest BCUT2D eigenvalue weighted by Gasteiger charge is -2.22. The first-order chi connectivity index (χ1) is 11.9. The third kappa shape index (κ3) is 7.65. The molecular formula is C16H21ClF4N2O3. The van der Waals surface area contributed by atoms with Gasteiger partial charge in [0, 0.05) is 12.5 Å². The minimum absolute atomic E-state index is 0. The molecule has 0 unspecified atom stereocenters. The molecule has 0 aromatic heterocycles. The molecule has 5 nitrogen and oxygen atoms in total. The Kier molecular flexibility index (Phi) is 9.50. The molecule has 2 rings (SSSR count). The summed E-state index contributed by atoms with van der Waals surface area (Å²) in [5.41, 5.74) is -0.0165. The van der Waals surface area contributed by atoms with Gasteiger partial charge in [-0.25, -0.2) is 0 Å². The molecule has 148 valence electrons. The lowest BCUT2D eigenvalue weighted by Crippen LogP contribution is -2.28. The van der Waals surface area contributed by atoms with Crippen LogP contribution in [0.3, 0.4) is 0 Å². The van der Waals surface area contributed by atoms with Gasteiger partial charge in [-0.15, -0.1) is 12.4 Å². The fourth-order valence-corrected chi connectivity index (χ4v) is 2.69. The molecule has 0 radical (unpaired) electrons. The number of amides is 1. The van der Waals surface area contributed by atoms with E-state index in [1.807, 2.05) is 0 Å². The number of piperidine rings is 1. The number of ether oxygens (including phenoxy) is 2. The lowest BCUT2D eigenvalue weighted by molar-refractivity contribution is -0.116. The average Bonchev–Trinajstić information content (AvgIpc) is 2.55. The molecule has 1 aliphatic heterocycles. The van der Waals surface area contributed by atoms with Crippen LogP contribution in [0.15, 0.2) is 18.2 Å². The molecule has 0 aliphatic carbocycles. The molecule has 0 spiro atoms. The molecule has 1 heterocycles. The van der Waals surface area contributed by atoms with E-state index >= 15 is 0 Å². The highest BCUT2D eigenvalue weighted by atomic mass is 35.5. The number of nitrogens with one attached hydrogen (secondary N) is 2. The Bertz CT molecular complexity index is 572. The van der Waals surface area contributed by atoms with Crippen LogP contribution in [0.1, 0.15) is 25.7 Å².